The molecule has 0 amide bonds. The molecule has 78 heavy (non-hydrogen) atoms. The molecule has 0 unspecified atom stereocenters. The predicted octanol–water partition coefficient (Wildman–Crippen LogP) is 6.92. The Hall–Kier alpha value is -5.60. The van der Waals surface area contributed by atoms with E-state index in [-0.39, 0.29) is 49.4 Å². The highest BCUT2D eigenvalue weighted by Crippen LogP contribution is 2.20. The van der Waals surface area contributed by atoms with Crippen LogP contribution in [0.4, 0.5) is 0 Å². The van der Waals surface area contributed by atoms with Gasteiger partial charge in [0.25, 0.3) is 20.2 Å². The molecule has 5 rings (SSSR count). The van der Waals surface area contributed by atoms with Crippen LogP contribution in [0.2, 0.25) is 0 Å². The average Bonchev–Trinajstić information content (AvgIpc) is 3.44. The summed E-state index contributed by atoms with van der Waals surface area (Å²) in [6.07, 6.45) is 0. The lowest BCUT2D eigenvalue weighted by molar-refractivity contribution is 0.00483. The number of aryl methyl sites for hydroxylation is 2. The lowest BCUT2D eigenvalue weighted by atomic mass is 10.2. The lowest BCUT2D eigenvalue weighted by Gasteiger charge is -2.11. The van der Waals surface area contributed by atoms with E-state index in [1.54, 1.807) is 72.8 Å². The van der Waals surface area contributed by atoms with E-state index in [4.69, 9.17) is 74.7 Å². The summed E-state index contributed by atoms with van der Waals surface area (Å²) in [7, 11) is -7.63. The Morgan fingerprint density at radius 2 is 0.397 bits per heavy atom. The zero-order valence-corrected chi connectivity index (χ0v) is 46.1. The Morgan fingerprint density at radius 3 is 0.590 bits per heavy atom. The molecular weight excluding hydrogens is 1060 g/mol. The number of ether oxygens (including phenoxy) is 14. The minimum Gasteiger partial charge on any atom is -0.491 e. The maximum Gasteiger partial charge on any atom is 0.297 e. The van der Waals surface area contributed by atoms with Gasteiger partial charge in [0.15, 0.2) is 0 Å². The van der Waals surface area contributed by atoms with Crippen molar-refractivity contribution in [1.82, 2.24) is 0 Å². The molecule has 22 heteroatoms. The van der Waals surface area contributed by atoms with Crippen molar-refractivity contribution >= 4 is 20.2 Å². The molecule has 0 aliphatic carbocycles. The van der Waals surface area contributed by atoms with Gasteiger partial charge in [-0.25, -0.2) is 0 Å². The summed E-state index contributed by atoms with van der Waals surface area (Å²) in [4.78, 5) is 0.228. The van der Waals surface area contributed by atoms with Crippen molar-refractivity contribution in [3.63, 3.8) is 0 Å². The van der Waals surface area contributed by atoms with E-state index < -0.39 is 20.2 Å². The minimum absolute atomic E-state index is 0.0866. The maximum absolute atomic E-state index is 12.2. The monoisotopic (exact) mass is 1130 g/mol. The molecule has 430 valence electrons. The van der Waals surface area contributed by atoms with Gasteiger partial charge in [-0.2, -0.15) is 16.8 Å². The first kappa shape index (κ1) is 63.2. The van der Waals surface area contributed by atoms with Gasteiger partial charge >= 0.3 is 0 Å². The summed E-state index contributed by atoms with van der Waals surface area (Å²) in [5, 5.41) is 0. The highest BCUT2D eigenvalue weighted by Gasteiger charge is 2.16. The van der Waals surface area contributed by atoms with Gasteiger partial charge in [0.2, 0.25) is 0 Å². The van der Waals surface area contributed by atoms with Crippen molar-refractivity contribution in [1.29, 1.82) is 0 Å². The standard InChI is InChI=1S/C56H74O20S2/c1-47-3-19-55(20-4-47)77(57,58)75-45-37-67-35-43-73-53-15-11-51(12-16-53)71-41-33-65-29-25-61-23-27-63-31-39-69-49-7-9-50(10-8-49)70-40-32-64-28-24-62-26-30-66-34-42-72-52-13-17-54(18-14-52)74-44-36-68-38-46-76-78(59,60)56-21-5-48(2)6-22-56/h3-22H,23-46H2,1-2H3. The second kappa shape index (κ2) is 38.1. The quantitative estimate of drug-likeness (QED) is 0.0285. The van der Waals surface area contributed by atoms with E-state index in [9.17, 15) is 16.8 Å². The summed E-state index contributed by atoms with van der Waals surface area (Å²) in [6.45, 7) is 11.7. The Kier molecular flexibility index (Phi) is 30.9. The molecule has 0 N–H and O–H groups in total. The van der Waals surface area contributed by atoms with Crippen molar-refractivity contribution in [2.24, 2.45) is 0 Å². The fourth-order valence-electron chi connectivity index (χ4n) is 6.45. The fraction of sp³-hybridized carbons (Fsp3) is 0.464. The van der Waals surface area contributed by atoms with Crippen LogP contribution in [0.15, 0.2) is 131 Å². The molecule has 0 saturated heterocycles. The second-order valence-corrected chi connectivity index (χ2v) is 19.8. The van der Waals surface area contributed by atoms with Crippen molar-refractivity contribution in [2.45, 2.75) is 23.6 Å². The number of hydrogen-bond donors (Lipinski definition) is 0. The molecule has 0 fully saturated rings. The smallest absolute Gasteiger partial charge is 0.297 e. The fourth-order valence-corrected chi connectivity index (χ4v) is 8.23. The van der Waals surface area contributed by atoms with E-state index in [1.807, 2.05) is 38.1 Å². The molecule has 0 heterocycles. The van der Waals surface area contributed by atoms with Crippen LogP contribution in [0.25, 0.3) is 0 Å². The van der Waals surface area contributed by atoms with Gasteiger partial charge in [-0.3, -0.25) is 8.37 Å². The van der Waals surface area contributed by atoms with E-state index in [0.29, 0.717) is 153 Å². The van der Waals surface area contributed by atoms with Crippen LogP contribution < -0.4 is 28.4 Å². The first-order chi connectivity index (χ1) is 38.1. The summed E-state index contributed by atoms with van der Waals surface area (Å²) < 4.78 is 138. The molecule has 0 atom stereocenters. The van der Waals surface area contributed by atoms with Gasteiger partial charge in [-0.05, 0) is 111 Å². The van der Waals surface area contributed by atoms with Gasteiger partial charge in [0, 0.05) is 0 Å². The van der Waals surface area contributed by atoms with E-state index in [1.165, 1.54) is 24.3 Å². The van der Waals surface area contributed by atoms with Crippen LogP contribution in [0.3, 0.4) is 0 Å². The summed E-state index contributed by atoms with van der Waals surface area (Å²) in [6, 6.07) is 34.7. The molecule has 0 radical (unpaired) electrons. The molecule has 0 saturated carbocycles. The molecule has 0 bridgehead atoms. The zero-order valence-electron chi connectivity index (χ0n) is 44.5. The zero-order chi connectivity index (χ0) is 55.2. The minimum atomic E-state index is -3.81. The maximum atomic E-state index is 12.2. The molecular formula is C56H74O20S2. The molecule has 0 spiro atoms. The van der Waals surface area contributed by atoms with Crippen LogP contribution >= 0.6 is 0 Å². The number of hydrogen-bond acceptors (Lipinski definition) is 20. The van der Waals surface area contributed by atoms with Crippen LogP contribution in [0.1, 0.15) is 11.1 Å². The molecule has 0 aliphatic heterocycles. The summed E-state index contributed by atoms with van der Waals surface area (Å²) in [5.41, 5.74) is 1.93. The molecule has 20 nitrogen and oxygen atoms in total. The predicted molar refractivity (Wildman–Crippen MR) is 287 cm³/mol. The van der Waals surface area contributed by atoms with Crippen LogP contribution in [0, 0.1) is 13.8 Å². The Labute approximate surface area is 459 Å². The van der Waals surface area contributed by atoms with Crippen molar-refractivity contribution in [2.75, 3.05) is 159 Å². The van der Waals surface area contributed by atoms with Crippen LogP contribution in [-0.4, -0.2) is 175 Å². The van der Waals surface area contributed by atoms with Gasteiger partial charge in [-0.1, -0.05) is 35.4 Å². The largest absolute Gasteiger partial charge is 0.491 e. The first-order valence-electron chi connectivity index (χ1n) is 25.7. The number of rotatable bonds is 46. The molecule has 0 aromatic heterocycles. The number of benzene rings is 5. The lowest BCUT2D eigenvalue weighted by Crippen LogP contribution is -2.14. The van der Waals surface area contributed by atoms with Gasteiger partial charge in [0.05, 0.1) is 129 Å². The average molecular weight is 1130 g/mol. The molecule has 5 aromatic rings. The third-order valence-electron chi connectivity index (χ3n) is 10.5. The third kappa shape index (κ3) is 27.8. The molecule has 5 aromatic carbocycles. The normalized spacial score (nSPS) is 11.6. The van der Waals surface area contributed by atoms with Crippen LogP contribution in [0.5, 0.6) is 34.5 Å². The highest BCUT2D eigenvalue weighted by atomic mass is 32.2. The van der Waals surface area contributed by atoms with Crippen LogP contribution in [-0.2, 0) is 66.5 Å². The van der Waals surface area contributed by atoms with Crippen molar-refractivity contribution < 1.29 is 91.5 Å². The highest BCUT2D eigenvalue weighted by molar-refractivity contribution is 7.87. The SMILES string of the molecule is Cc1ccc(S(=O)(=O)OCCOCCOc2ccc(OCCOCCOCCOCCOc3ccc(OCCOCCOCCOCCOc4ccc(OCCOCCOS(=O)(=O)c5ccc(C)cc5)cc4)cc3)cc2)cc1. The first-order valence-corrected chi connectivity index (χ1v) is 28.5. The van der Waals surface area contributed by atoms with Crippen molar-refractivity contribution in [3.05, 3.63) is 132 Å². The Bertz CT molecular complexity index is 2350. The summed E-state index contributed by atoms with van der Waals surface area (Å²) >= 11 is 0. The van der Waals surface area contributed by atoms with E-state index >= 15 is 0 Å². The Balaban J connectivity index is 0.716. The second-order valence-electron chi connectivity index (χ2n) is 16.6. The summed E-state index contributed by atoms with van der Waals surface area (Å²) in [5.74, 6) is 4.10. The topological polar surface area (TPSA) is 216 Å². The molecule has 0 aliphatic rings. The van der Waals surface area contributed by atoms with E-state index in [2.05, 4.69) is 0 Å². The van der Waals surface area contributed by atoms with E-state index in [0.717, 1.165) is 11.1 Å². The third-order valence-corrected chi connectivity index (χ3v) is 13.1. The van der Waals surface area contributed by atoms with Gasteiger partial charge < -0.3 is 66.3 Å². The van der Waals surface area contributed by atoms with Gasteiger partial charge in [-0.15, -0.1) is 0 Å². The van der Waals surface area contributed by atoms with Gasteiger partial charge in [0.1, 0.15) is 74.1 Å². The van der Waals surface area contributed by atoms with Crippen molar-refractivity contribution in [3.8, 4) is 34.5 Å². The Morgan fingerprint density at radius 1 is 0.231 bits per heavy atom.